The third-order valence-corrected chi connectivity index (χ3v) is 2.06. The summed E-state index contributed by atoms with van der Waals surface area (Å²) in [5, 5.41) is 12.0. The van der Waals surface area contributed by atoms with E-state index in [1.54, 1.807) is 13.3 Å². The van der Waals surface area contributed by atoms with E-state index in [0.29, 0.717) is 0 Å². The van der Waals surface area contributed by atoms with Crippen molar-refractivity contribution >= 4 is 0 Å². The Balaban J connectivity index is 2.02. The van der Waals surface area contributed by atoms with Gasteiger partial charge in [0.25, 0.3) is 0 Å². The molecule has 1 atom stereocenters. The van der Waals surface area contributed by atoms with Crippen LogP contribution >= 0.6 is 0 Å². The first kappa shape index (κ1) is 10.3. The number of unbranched alkanes of at least 4 members (excludes halogenated alkanes) is 1. The molecule has 0 saturated heterocycles. The van der Waals surface area contributed by atoms with Gasteiger partial charge in [-0.3, -0.25) is 5.32 Å². The van der Waals surface area contributed by atoms with Crippen LogP contribution in [0.1, 0.15) is 25.0 Å². The van der Waals surface area contributed by atoms with Crippen molar-refractivity contribution in [3.63, 3.8) is 0 Å². The molecule has 1 aromatic heterocycles. The lowest BCUT2D eigenvalue weighted by atomic mass is 10.1. The SMILES string of the molecule is CNC(O)CCCCc1ccco1. The molecule has 0 aliphatic heterocycles. The highest BCUT2D eigenvalue weighted by atomic mass is 16.3. The Kier molecular flexibility index (Phi) is 4.57. The zero-order valence-electron chi connectivity index (χ0n) is 7.99. The molecule has 1 heterocycles. The fraction of sp³-hybridized carbons (Fsp3) is 0.600. The molecule has 1 unspecified atom stereocenters. The van der Waals surface area contributed by atoms with E-state index in [1.807, 2.05) is 12.1 Å². The van der Waals surface area contributed by atoms with Crippen molar-refractivity contribution < 1.29 is 9.52 Å². The predicted octanol–water partition coefficient (Wildman–Crippen LogP) is 1.53. The van der Waals surface area contributed by atoms with Gasteiger partial charge in [-0.1, -0.05) is 0 Å². The molecule has 0 saturated carbocycles. The highest BCUT2D eigenvalue weighted by Gasteiger charge is 2.00. The van der Waals surface area contributed by atoms with Crippen molar-refractivity contribution in [2.24, 2.45) is 0 Å². The maximum Gasteiger partial charge on any atom is 0.104 e. The van der Waals surface area contributed by atoms with E-state index in [4.69, 9.17) is 4.42 Å². The summed E-state index contributed by atoms with van der Waals surface area (Å²) in [4.78, 5) is 0. The monoisotopic (exact) mass is 183 g/mol. The van der Waals surface area contributed by atoms with E-state index in [1.165, 1.54) is 0 Å². The van der Waals surface area contributed by atoms with Crippen molar-refractivity contribution in [3.8, 4) is 0 Å². The summed E-state index contributed by atoms with van der Waals surface area (Å²) in [5.41, 5.74) is 0. The van der Waals surface area contributed by atoms with Crippen LogP contribution in [0.2, 0.25) is 0 Å². The van der Waals surface area contributed by atoms with Gasteiger partial charge in [-0.25, -0.2) is 0 Å². The number of hydrogen-bond acceptors (Lipinski definition) is 3. The Bertz CT molecular complexity index is 209. The van der Waals surface area contributed by atoms with Crippen LogP contribution in [0.5, 0.6) is 0 Å². The zero-order valence-corrected chi connectivity index (χ0v) is 7.99. The van der Waals surface area contributed by atoms with Gasteiger partial charge in [0.05, 0.1) is 6.26 Å². The van der Waals surface area contributed by atoms with Crippen LogP contribution in [-0.4, -0.2) is 18.4 Å². The Morgan fingerprint density at radius 1 is 1.54 bits per heavy atom. The lowest BCUT2D eigenvalue weighted by Crippen LogP contribution is -2.23. The summed E-state index contributed by atoms with van der Waals surface area (Å²) in [7, 11) is 1.76. The molecule has 3 heteroatoms. The van der Waals surface area contributed by atoms with E-state index in [-0.39, 0.29) is 6.23 Å². The van der Waals surface area contributed by atoms with Crippen LogP contribution < -0.4 is 5.32 Å². The molecule has 0 spiro atoms. The second kappa shape index (κ2) is 5.78. The third kappa shape index (κ3) is 4.10. The van der Waals surface area contributed by atoms with Gasteiger partial charge in [-0.15, -0.1) is 0 Å². The van der Waals surface area contributed by atoms with Crippen LogP contribution in [0.3, 0.4) is 0 Å². The largest absolute Gasteiger partial charge is 0.469 e. The molecule has 74 valence electrons. The van der Waals surface area contributed by atoms with Crippen molar-refractivity contribution in [2.75, 3.05) is 7.05 Å². The molecule has 1 rings (SSSR count). The normalized spacial score (nSPS) is 13.1. The minimum atomic E-state index is -0.364. The fourth-order valence-corrected chi connectivity index (χ4v) is 1.24. The number of rotatable bonds is 6. The number of aliphatic hydroxyl groups excluding tert-OH is 1. The lowest BCUT2D eigenvalue weighted by molar-refractivity contribution is 0.134. The van der Waals surface area contributed by atoms with Gasteiger partial charge in [-0.2, -0.15) is 0 Å². The predicted molar refractivity (Wildman–Crippen MR) is 51.3 cm³/mol. The molecule has 0 aliphatic carbocycles. The topological polar surface area (TPSA) is 45.4 Å². The molecule has 3 nitrogen and oxygen atoms in total. The maximum absolute atomic E-state index is 9.18. The van der Waals surface area contributed by atoms with Crippen molar-refractivity contribution in [3.05, 3.63) is 24.2 Å². The molecule has 2 N–H and O–H groups in total. The van der Waals surface area contributed by atoms with Crippen LogP contribution in [0.15, 0.2) is 22.8 Å². The molecule has 0 amide bonds. The van der Waals surface area contributed by atoms with E-state index < -0.39 is 0 Å². The summed E-state index contributed by atoms with van der Waals surface area (Å²) < 4.78 is 5.19. The molecule has 0 aromatic carbocycles. The maximum atomic E-state index is 9.18. The molecule has 0 fully saturated rings. The molecular formula is C10H17NO2. The van der Waals surface area contributed by atoms with Crippen LogP contribution in [0.25, 0.3) is 0 Å². The number of nitrogens with one attached hydrogen (secondary N) is 1. The van der Waals surface area contributed by atoms with Gasteiger partial charge in [0.2, 0.25) is 0 Å². The average Bonchev–Trinajstić information content (AvgIpc) is 2.64. The zero-order chi connectivity index (χ0) is 9.52. The molecule has 0 radical (unpaired) electrons. The average molecular weight is 183 g/mol. The number of aryl methyl sites for hydroxylation is 1. The summed E-state index contributed by atoms with van der Waals surface area (Å²) in [6.07, 6.45) is 5.17. The highest BCUT2D eigenvalue weighted by Crippen LogP contribution is 2.07. The van der Waals surface area contributed by atoms with Crippen molar-refractivity contribution in [2.45, 2.75) is 31.9 Å². The van der Waals surface area contributed by atoms with Gasteiger partial charge < -0.3 is 9.52 Å². The van der Waals surface area contributed by atoms with Crippen molar-refractivity contribution in [1.29, 1.82) is 0 Å². The Morgan fingerprint density at radius 3 is 3.00 bits per heavy atom. The van der Waals surface area contributed by atoms with E-state index in [0.717, 1.165) is 31.4 Å². The Hall–Kier alpha value is -0.800. The van der Waals surface area contributed by atoms with Crippen molar-refractivity contribution in [1.82, 2.24) is 5.32 Å². The first-order valence-corrected chi connectivity index (χ1v) is 4.70. The standard InChI is InChI=1S/C10H17NO2/c1-11-10(12)7-3-2-5-9-6-4-8-13-9/h4,6,8,10-12H,2-3,5,7H2,1H3. The second-order valence-electron chi connectivity index (χ2n) is 3.13. The summed E-state index contributed by atoms with van der Waals surface area (Å²) in [6, 6.07) is 3.88. The number of hydrogen-bond donors (Lipinski definition) is 2. The quantitative estimate of drug-likeness (QED) is 0.519. The van der Waals surface area contributed by atoms with Gasteiger partial charge in [0.15, 0.2) is 0 Å². The van der Waals surface area contributed by atoms with Crippen LogP contribution in [0.4, 0.5) is 0 Å². The molecular weight excluding hydrogens is 166 g/mol. The van der Waals surface area contributed by atoms with E-state index in [2.05, 4.69) is 5.32 Å². The Labute approximate surface area is 78.8 Å². The minimum absolute atomic E-state index is 0.364. The first-order chi connectivity index (χ1) is 6.33. The fourth-order valence-electron chi connectivity index (χ4n) is 1.24. The van der Waals surface area contributed by atoms with Crippen LogP contribution in [-0.2, 0) is 6.42 Å². The highest BCUT2D eigenvalue weighted by molar-refractivity contribution is 4.97. The van der Waals surface area contributed by atoms with Crippen LogP contribution in [0, 0.1) is 0 Å². The van der Waals surface area contributed by atoms with Gasteiger partial charge in [-0.05, 0) is 38.4 Å². The summed E-state index contributed by atoms with van der Waals surface area (Å²) in [6.45, 7) is 0. The van der Waals surface area contributed by atoms with E-state index in [9.17, 15) is 5.11 Å². The number of furan rings is 1. The molecule has 1 aromatic rings. The van der Waals surface area contributed by atoms with Gasteiger partial charge in [0.1, 0.15) is 12.0 Å². The summed E-state index contributed by atoms with van der Waals surface area (Å²) >= 11 is 0. The first-order valence-electron chi connectivity index (χ1n) is 4.70. The Morgan fingerprint density at radius 2 is 2.38 bits per heavy atom. The molecule has 0 aliphatic rings. The lowest BCUT2D eigenvalue weighted by Gasteiger charge is -2.07. The smallest absolute Gasteiger partial charge is 0.104 e. The third-order valence-electron chi connectivity index (χ3n) is 2.06. The summed E-state index contributed by atoms with van der Waals surface area (Å²) in [5.74, 6) is 1.03. The number of aliphatic hydroxyl groups is 1. The minimum Gasteiger partial charge on any atom is -0.469 e. The molecule has 0 bridgehead atoms. The van der Waals surface area contributed by atoms with Gasteiger partial charge >= 0.3 is 0 Å². The molecule has 13 heavy (non-hydrogen) atoms. The second-order valence-corrected chi connectivity index (χ2v) is 3.13. The van der Waals surface area contributed by atoms with E-state index >= 15 is 0 Å². The van der Waals surface area contributed by atoms with Gasteiger partial charge in [0, 0.05) is 6.42 Å².